The van der Waals surface area contributed by atoms with Crippen LogP contribution in [0.5, 0.6) is 0 Å². The van der Waals surface area contributed by atoms with Gasteiger partial charge >= 0.3 is 0 Å². The molecule has 1 nitrogen and oxygen atoms in total. The summed E-state index contributed by atoms with van der Waals surface area (Å²) in [5, 5.41) is 6.79. The number of fused-ring (bicyclic) bond motifs is 1. The van der Waals surface area contributed by atoms with E-state index in [1.165, 1.54) is 41.3 Å². The van der Waals surface area contributed by atoms with Crippen LogP contribution in [0, 0.1) is 0 Å². The van der Waals surface area contributed by atoms with Crippen LogP contribution in [0.15, 0.2) is 164 Å². The van der Waals surface area contributed by atoms with E-state index in [9.17, 15) is 0 Å². The molecule has 0 radical (unpaired) electrons. The maximum Gasteiger partial charge on any atom is 0.179 e. The topological polar surface area (TPSA) is 12.9 Å². The first-order chi connectivity index (χ1) is 19.8. The van der Waals surface area contributed by atoms with E-state index in [1.807, 2.05) is 6.20 Å². The van der Waals surface area contributed by atoms with E-state index in [2.05, 4.69) is 158 Å². The Kier molecular flexibility index (Phi) is 6.44. The standard InChI is InChI=1S/C37H27NSSi/c1-4-13-31(14-5-1)40(32-15-6-2-7-16-32,33-17-8-3-9-18-33)34-23-20-28(21-24-34)30-22-25-35(38-27-30)37-26-29-12-10-11-19-36(29)39-37/h1-27H. The van der Waals surface area contributed by atoms with E-state index in [-0.39, 0.29) is 0 Å². The van der Waals surface area contributed by atoms with Gasteiger partial charge in [0.2, 0.25) is 0 Å². The molecule has 2 aromatic heterocycles. The molecule has 7 aromatic rings. The van der Waals surface area contributed by atoms with Crippen LogP contribution in [-0.4, -0.2) is 13.1 Å². The number of pyridine rings is 1. The van der Waals surface area contributed by atoms with Gasteiger partial charge in [-0.3, -0.25) is 4.98 Å². The van der Waals surface area contributed by atoms with Crippen molar-refractivity contribution in [3.63, 3.8) is 0 Å². The van der Waals surface area contributed by atoms with Crippen molar-refractivity contribution in [3.05, 3.63) is 164 Å². The maximum absolute atomic E-state index is 4.85. The molecule has 0 saturated carbocycles. The number of nitrogens with zero attached hydrogens (tertiary/aromatic N) is 1. The van der Waals surface area contributed by atoms with Crippen molar-refractivity contribution in [2.75, 3.05) is 0 Å². The zero-order chi connectivity index (χ0) is 26.8. The van der Waals surface area contributed by atoms with Crippen LogP contribution in [-0.2, 0) is 0 Å². The lowest BCUT2D eigenvalue weighted by Gasteiger charge is -2.34. The molecular formula is C37H27NSSi. The minimum absolute atomic E-state index is 1.02. The molecule has 3 heteroatoms. The summed E-state index contributed by atoms with van der Waals surface area (Å²) in [6.45, 7) is 0. The van der Waals surface area contributed by atoms with E-state index in [0.29, 0.717) is 0 Å². The Hall–Kier alpha value is -4.57. The van der Waals surface area contributed by atoms with Crippen LogP contribution in [0.25, 0.3) is 31.8 Å². The van der Waals surface area contributed by atoms with Crippen LogP contribution in [0.3, 0.4) is 0 Å². The Balaban J connectivity index is 1.31. The molecule has 5 aromatic carbocycles. The van der Waals surface area contributed by atoms with Gasteiger partial charge in [-0.15, -0.1) is 11.3 Å². The summed E-state index contributed by atoms with van der Waals surface area (Å²) in [7, 11) is -2.51. The summed E-state index contributed by atoms with van der Waals surface area (Å²) in [6, 6.07) is 57.4. The maximum atomic E-state index is 4.85. The summed E-state index contributed by atoms with van der Waals surface area (Å²) in [4.78, 5) is 6.05. The van der Waals surface area contributed by atoms with Crippen molar-refractivity contribution >= 4 is 50.2 Å². The van der Waals surface area contributed by atoms with Crippen LogP contribution >= 0.6 is 11.3 Å². The van der Waals surface area contributed by atoms with Gasteiger partial charge in [-0.2, -0.15) is 0 Å². The second-order valence-electron chi connectivity index (χ2n) is 10.0. The van der Waals surface area contributed by atoms with Gasteiger partial charge in [0.1, 0.15) is 0 Å². The third kappa shape index (κ3) is 4.30. The highest BCUT2D eigenvalue weighted by molar-refractivity contribution is 7.22. The Morgan fingerprint density at radius 2 is 0.950 bits per heavy atom. The van der Waals surface area contributed by atoms with E-state index in [4.69, 9.17) is 4.98 Å². The van der Waals surface area contributed by atoms with Crippen molar-refractivity contribution in [2.24, 2.45) is 0 Å². The molecular weight excluding hydrogens is 519 g/mol. The predicted octanol–water partition coefficient (Wildman–Crippen LogP) is 7.01. The van der Waals surface area contributed by atoms with Crippen LogP contribution in [0.4, 0.5) is 0 Å². The van der Waals surface area contributed by atoms with Gasteiger partial charge in [0.05, 0.1) is 10.6 Å². The van der Waals surface area contributed by atoms with Crippen LogP contribution in [0.2, 0.25) is 0 Å². The zero-order valence-corrected chi connectivity index (χ0v) is 23.8. The molecule has 0 saturated heterocycles. The SMILES string of the molecule is c1ccc([Si](c2ccccc2)(c2ccccc2)c2ccc(-c3ccc(-c4cc5ccccc5s4)nc3)cc2)cc1. The quantitative estimate of drug-likeness (QED) is 0.162. The second-order valence-corrected chi connectivity index (χ2v) is 14.9. The summed E-state index contributed by atoms with van der Waals surface area (Å²) in [5.74, 6) is 0. The third-order valence-electron chi connectivity index (χ3n) is 7.71. The second kappa shape index (κ2) is 10.5. The number of hydrogen-bond acceptors (Lipinski definition) is 2. The first-order valence-corrected chi connectivity index (χ1v) is 16.4. The van der Waals surface area contributed by atoms with E-state index in [0.717, 1.165) is 11.3 Å². The van der Waals surface area contributed by atoms with Gasteiger partial charge in [-0.25, -0.2) is 0 Å². The molecule has 0 bridgehead atoms. The molecule has 7 rings (SSSR count). The van der Waals surface area contributed by atoms with Crippen molar-refractivity contribution in [2.45, 2.75) is 0 Å². The minimum atomic E-state index is -2.51. The molecule has 0 unspecified atom stereocenters. The molecule has 0 spiro atoms. The number of benzene rings is 5. The highest BCUT2D eigenvalue weighted by Crippen LogP contribution is 2.33. The van der Waals surface area contributed by atoms with Crippen LogP contribution in [0.1, 0.15) is 0 Å². The Morgan fingerprint density at radius 1 is 0.450 bits per heavy atom. The first kappa shape index (κ1) is 24.5. The fourth-order valence-corrected chi connectivity index (χ4v) is 11.6. The first-order valence-electron chi connectivity index (χ1n) is 13.5. The molecule has 0 aliphatic carbocycles. The van der Waals surface area contributed by atoms with Crippen molar-refractivity contribution in [1.82, 2.24) is 4.98 Å². The van der Waals surface area contributed by atoms with Gasteiger partial charge in [-0.1, -0.05) is 140 Å². The lowest BCUT2D eigenvalue weighted by Crippen LogP contribution is -2.74. The van der Waals surface area contributed by atoms with Gasteiger partial charge in [-0.05, 0) is 49.9 Å². The zero-order valence-electron chi connectivity index (χ0n) is 21.9. The molecule has 0 fully saturated rings. The molecule has 0 atom stereocenters. The Labute approximate surface area is 240 Å². The summed E-state index contributed by atoms with van der Waals surface area (Å²) in [5.41, 5.74) is 3.32. The fourth-order valence-electron chi connectivity index (χ4n) is 5.80. The molecule has 2 heterocycles. The fraction of sp³-hybridized carbons (Fsp3) is 0. The number of aromatic nitrogens is 1. The Bertz CT molecular complexity index is 1730. The molecule has 190 valence electrons. The Morgan fingerprint density at radius 3 is 1.48 bits per heavy atom. The van der Waals surface area contributed by atoms with Gasteiger partial charge < -0.3 is 0 Å². The van der Waals surface area contributed by atoms with Crippen molar-refractivity contribution in [3.8, 4) is 21.7 Å². The van der Waals surface area contributed by atoms with Gasteiger partial charge in [0.15, 0.2) is 8.07 Å². The number of hydrogen-bond donors (Lipinski definition) is 0. The van der Waals surface area contributed by atoms with E-state index in [1.54, 1.807) is 11.3 Å². The molecule has 0 N–H and O–H groups in total. The highest BCUT2D eigenvalue weighted by Gasteiger charge is 2.41. The lowest BCUT2D eigenvalue weighted by atomic mass is 10.1. The summed E-state index contributed by atoms with van der Waals surface area (Å²) in [6.07, 6.45) is 2.00. The molecule has 0 aliphatic heterocycles. The minimum Gasteiger partial charge on any atom is -0.255 e. The molecule has 0 aliphatic rings. The monoisotopic (exact) mass is 545 g/mol. The molecule has 0 amide bonds. The van der Waals surface area contributed by atoms with Crippen LogP contribution < -0.4 is 20.7 Å². The lowest BCUT2D eigenvalue weighted by molar-refractivity contribution is 1.34. The smallest absolute Gasteiger partial charge is 0.179 e. The number of rotatable bonds is 6. The third-order valence-corrected chi connectivity index (χ3v) is 13.6. The highest BCUT2D eigenvalue weighted by atomic mass is 32.1. The summed E-state index contributed by atoms with van der Waals surface area (Å²) >= 11 is 1.79. The normalized spacial score (nSPS) is 11.5. The predicted molar refractivity (Wildman–Crippen MR) is 174 cm³/mol. The van der Waals surface area contributed by atoms with Crippen molar-refractivity contribution in [1.29, 1.82) is 0 Å². The van der Waals surface area contributed by atoms with Crippen molar-refractivity contribution < 1.29 is 0 Å². The van der Waals surface area contributed by atoms with E-state index < -0.39 is 8.07 Å². The number of thiophene rings is 1. The largest absolute Gasteiger partial charge is 0.255 e. The van der Waals surface area contributed by atoms with Gasteiger partial charge in [0.25, 0.3) is 0 Å². The average Bonchev–Trinajstić information content (AvgIpc) is 3.48. The average molecular weight is 546 g/mol. The van der Waals surface area contributed by atoms with E-state index >= 15 is 0 Å². The van der Waals surface area contributed by atoms with Gasteiger partial charge in [0, 0.05) is 16.5 Å². The molecule has 40 heavy (non-hydrogen) atoms. The summed E-state index contributed by atoms with van der Waals surface area (Å²) < 4.78 is 1.29.